The first kappa shape index (κ1) is 28.1. The summed E-state index contributed by atoms with van der Waals surface area (Å²) < 4.78 is 8.03. The van der Waals surface area contributed by atoms with Gasteiger partial charge in [0, 0.05) is 35.7 Å². The van der Waals surface area contributed by atoms with Gasteiger partial charge in [0.15, 0.2) is 5.82 Å². The third kappa shape index (κ3) is 5.73. The van der Waals surface area contributed by atoms with Crippen molar-refractivity contribution in [2.24, 2.45) is 0 Å². The van der Waals surface area contributed by atoms with E-state index in [1.165, 1.54) is 0 Å². The molecule has 0 aliphatic heterocycles. The van der Waals surface area contributed by atoms with Crippen molar-refractivity contribution in [1.82, 2.24) is 19.9 Å². The molecular formula is C31H42N6O3. The molecule has 0 spiro atoms. The molecular weight excluding hydrogens is 504 g/mol. The molecule has 1 atom stereocenters. The van der Waals surface area contributed by atoms with Crippen LogP contribution in [0.5, 0.6) is 5.75 Å². The Bertz CT molecular complexity index is 1440. The molecule has 2 aromatic carbocycles. The summed E-state index contributed by atoms with van der Waals surface area (Å²) in [5, 5.41) is 27.9. The number of aliphatic hydroxyl groups is 2. The average molecular weight is 547 g/mol. The summed E-state index contributed by atoms with van der Waals surface area (Å²) in [6.45, 7) is 3.62. The number of methoxy groups -OCH3 is 1. The molecule has 1 fully saturated rings. The fourth-order valence-electron chi connectivity index (χ4n) is 6.16. The Labute approximate surface area is 235 Å². The van der Waals surface area contributed by atoms with Crippen molar-refractivity contribution in [3.63, 3.8) is 0 Å². The van der Waals surface area contributed by atoms with Crippen LogP contribution in [-0.4, -0.2) is 56.7 Å². The fraction of sp³-hybridized carbons (Fsp3) is 0.484. The lowest BCUT2D eigenvalue weighted by atomic mass is 9.98. The second kappa shape index (κ2) is 12.4. The van der Waals surface area contributed by atoms with Crippen molar-refractivity contribution in [3.05, 3.63) is 53.6 Å². The van der Waals surface area contributed by atoms with E-state index in [1.807, 2.05) is 18.2 Å². The minimum absolute atomic E-state index is 0.0670. The lowest BCUT2D eigenvalue weighted by molar-refractivity contribution is 0.163. The van der Waals surface area contributed by atoms with Crippen molar-refractivity contribution in [3.8, 4) is 5.75 Å². The van der Waals surface area contributed by atoms with E-state index in [2.05, 4.69) is 56.4 Å². The summed E-state index contributed by atoms with van der Waals surface area (Å²) in [6.07, 6.45) is 6.82. The average Bonchev–Trinajstić information content (AvgIpc) is 3.56. The molecule has 2 heterocycles. The third-order valence-electron chi connectivity index (χ3n) is 8.28. The highest BCUT2D eigenvalue weighted by Crippen LogP contribution is 2.35. The molecule has 0 saturated heterocycles. The predicted octanol–water partition coefficient (Wildman–Crippen LogP) is 4.58. The van der Waals surface area contributed by atoms with Gasteiger partial charge in [-0.3, -0.25) is 0 Å². The van der Waals surface area contributed by atoms with Gasteiger partial charge < -0.3 is 35.9 Å². The zero-order chi connectivity index (χ0) is 28.1. The molecule has 4 aromatic rings. The molecule has 1 saturated carbocycles. The quantitative estimate of drug-likeness (QED) is 0.165. The van der Waals surface area contributed by atoms with Crippen LogP contribution < -0.4 is 21.1 Å². The zero-order valence-corrected chi connectivity index (χ0v) is 23.6. The number of hydrogen-bond acceptors (Lipinski definition) is 8. The lowest BCUT2D eigenvalue weighted by Crippen LogP contribution is -2.45. The Balaban J connectivity index is 1.57. The minimum Gasteiger partial charge on any atom is -0.496 e. The van der Waals surface area contributed by atoms with E-state index in [0.717, 1.165) is 77.3 Å². The largest absolute Gasteiger partial charge is 0.496 e. The van der Waals surface area contributed by atoms with Gasteiger partial charge in [-0.05, 0) is 49.4 Å². The highest BCUT2D eigenvalue weighted by molar-refractivity contribution is 6.09. The minimum atomic E-state index is -0.186. The Morgan fingerprint density at radius 1 is 1.10 bits per heavy atom. The van der Waals surface area contributed by atoms with Crippen LogP contribution in [0, 0.1) is 0 Å². The summed E-state index contributed by atoms with van der Waals surface area (Å²) in [4.78, 5) is 9.31. The molecule has 0 unspecified atom stereocenters. The molecule has 40 heavy (non-hydrogen) atoms. The Morgan fingerprint density at radius 3 is 2.62 bits per heavy atom. The normalized spacial score (nSPS) is 15.6. The SMILES string of the molecule is CCC[C@@H](CCO)Nc1nc(N)nc2c3ccccc3n(Cc3cc(CNC4(CO)CCCC4)ccc3OC)c12. The summed E-state index contributed by atoms with van der Waals surface area (Å²) in [6, 6.07) is 14.6. The van der Waals surface area contributed by atoms with Crippen LogP contribution in [0.3, 0.4) is 0 Å². The number of rotatable bonds is 13. The first-order valence-electron chi connectivity index (χ1n) is 14.4. The van der Waals surface area contributed by atoms with Crippen LogP contribution in [0.15, 0.2) is 42.5 Å². The van der Waals surface area contributed by atoms with E-state index in [4.69, 9.17) is 10.5 Å². The van der Waals surface area contributed by atoms with Crippen LogP contribution in [-0.2, 0) is 13.1 Å². The summed E-state index contributed by atoms with van der Waals surface area (Å²) >= 11 is 0. The number of benzene rings is 2. The number of ether oxygens (including phenoxy) is 1. The highest BCUT2D eigenvalue weighted by Gasteiger charge is 2.32. The maximum absolute atomic E-state index is 10.1. The number of nitrogens with zero attached hydrogens (tertiary/aromatic N) is 3. The molecule has 6 N–H and O–H groups in total. The van der Waals surface area contributed by atoms with Crippen molar-refractivity contribution < 1.29 is 14.9 Å². The molecule has 9 heteroatoms. The number of hydrogen-bond donors (Lipinski definition) is 5. The number of nitrogen functional groups attached to an aromatic ring is 1. The van der Waals surface area contributed by atoms with Crippen LogP contribution in [0.2, 0.25) is 0 Å². The number of aromatic nitrogens is 3. The van der Waals surface area contributed by atoms with Crippen molar-refractivity contribution in [2.45, 2.75) is 76.5 Å². The van der Waals surface area contributed by atoms with E-state index in [0.29, 0.717) is 25.3 Å². The number of nitrogens with one attached hydrogen (secondary N) is 2. The van der Waals surface area contributed by atoms with Gasteiger partial charge >= 0.3 is 0 Å². The Morgan fingerprint density at radius 2 is 1.90 bits per heavy atom. The summed E-state index contributed by atoms with van der Waals surface area (Å²) in [5.41, 5.74) is 10.9. The standard InChI is InChI=1S/C31H42N6O3/c1-3-8-23(13-16-38)34-29-28-27(35-30(32)36-29)24-9-4-5-10-25(24)37(28)19-22-17-21(11-12-26(22)40-2)18-33-31(20-39)14-6-7-15-31/h4-5,9-12,17,23,33,38-39H,3,6-8,13-16,18-20H2,1-2H3,(H3,32,34,35,36)/t23-/m0/s1. The van der Waals surface area contributed by atoms with Crippen LogP contribution >= 0.6 is 0 Å². The molecule has 1 aliphatic rings. The van der Waals surface area contributed by atoms with E-state index < -0.39 is 0 Å². The maximum atomic E-state index is 10.1. The van der Waals surface area contributed by atoms with Gasteiger partial charge in [-0.15, -0.1) is 0 Å². The number of nitrogens with two attached hydrogens (primary N) is 1. The third-order valence-corrected chi connectivity index (χ3v) is 8.28. The molecule has 2 aromatic heterocycles. The number of fused-ring (bicyclic) bond motifs is 3. The lowest BCUT2D eigenvalue weighted by Gasteiger charge is -2.28. The van der Waals surface area contributed by atoms with Crippen molar-refractivity contribution in [1.29, 1.82) is 0 Å². The molecule has 214 valence electrons. The number of anilines is 2. The first-order chi connectivity index (χ1) is 19.5. The van der Waals surface area contributed by atoms with Gasteiger partial charge in [0.1, 0.15) is 16.8 Å². The molecule has 9 nitrogen and oxygen atoms in total. The van der Waals surface area contributed by atoms with E-state index in [9.17, 15) is 10.2 Å². The van der Waals surface area contributed by atoms with Gasteiger partial charge in [-0.25, -0.2) is 4.98 Å². The number of aliphatic hydroxyl groups excluding tert-OH is 2. The van der Waals surface area contributed by atoms with Crippen molar-refractivity contribution in [2.75, 3.05) is 31.4 Å². The van der Waals surface area contributed by atoms with Gasteiger partial charge in [0.25, 0.3) is 0 Å². The molecule has 0 radical (unpaired) electrons. The number of para-hydroxylation sites is 1. The predicted molar refractivity (Wildman–Crippen MR) is 161 cm³/mol. The second-order valence-electron chi connectivity index (χ2n) is 11.0. The van der Waals surface area contributed by atoms with Crippen LogP contribution in [0.4, 0.5) is 11.8 Å². The van der Waals surface area contributed by atoms with Gasteiger partial charge in [0.2, 0.25) is 5.95 Å². The Kier molecular flexibility index (Phi) is 8.73. The Hall–Kier alpha value is -3.40. The summed E-state index contributed by atoms with van der Waals surface area (Å²) in [5.74, 6) is 1.70. The van der Waals surface area contributed by atoms with Crippen LogP contribution in [0.1, 0.15) is 63.0 Å². The summed E-state index contributed by atoms with van der Waals surface area (Å²) in [7, 11) is 1.70. The topological polar surface area (TPSA) is 130 Å². The molecule has 0 amide bonds. The zero-order valence-electron chi connectivity index (χ0n) is 23.6. The maximum Gasteiger partial charge on any atom is 0.222 e. The van der Waals surface area contributed by atoms with E-state index >= 15 is 0 Å². The van der Waals surface area contributed by atoms with Gasteiger partial charge in [0.05, 0.1) is 25.8 Å². The monoisotopic (exact) mass is 546 g/mol. The second-order valence-corrected chi connectivity index (χ2v) is 11.0. The molecule has 5 rings (SSSR count). The van der Waals surface area contributed by atoms with Gasteiger partial charge in [-0.1, -0.05) is 50.5 Å². The fourth-order valence-corrected chi connectivity index (χ4v) is 6.16. The van der Waals surface area contributed by atoms with E-state index in [-0.39, 0.29) is 30.7 Å². The molecule has 0 bridgehead atoms. The molecule has 1 aliphatic carbocycles. The van der Waals surface area contributed by atoms with E-state index in [1.54, 1.807) is 7.11 Å². The smallest absolute Gasteiger partial charge is 0.222 e. The van der Waals surface area contributed by atoms with Crippen molar-refractivity contribution >= 4 is 33.7 Å². The van der Waals surface area contributed by atoms with Crippen LogP contribution in [0.25, 0.3) is 21.9 Å². The first-order valence-corrected chi connectivity index (χ1v) is 14.4. The highest BCUT2D eigenvalue weighted by atomic mass is 16.5. The van der Waals surface area contributed by atoms with Gasteiger partial charge in [-0.2, -0.15) is 4.98 Å².